The Labute approximate surface area is 98.3 Å². The third-order valence-electron chi connectivity index (χ3n) is 2.48. The van der Waals surface area contributed by atoms with Crippen LogP contribution >= 0.6 is 0 Å². The van der Waals surface area contributed by atoms with Crippen molar-refractivity contribution in [1.29, 1.82) is 0 Å². The fourth-order valence-electron chi connectivity index (χ4n) is 1.81. The summed E-state index contributed by atoms with van der Waals surface area (Å²) in [7, 11) is 3.90. The molecule has 2 rings (SSSR count). The van der Waals surface area contributed by atoms with Crippen LogP contribution < -0.4 is 11.3 Å². The second-order valence-corrected chi connectivity index (χ2v) is 4.13. The van der Waals surface area contributed by atoms with Crippen molar-refractivity contribution < 1.29 is 0 Å². The number of aryl methyl sites for hydroxylation is 1. The van der Waals surface area contributed by atoms with Crippen LogP contribution in [-0.2, 0) is 13.1 Å². The monoisotopic (exact) mass is 236 g/mol. The van der Waals surface area contributed by atoms with E-state index in [9.17, 15) is 4.79 Å². The maximum atomic E-state index is 11.7. The first kappa shape index (κ1) is 11.6. The molecule has 17 heavy (non-hydrogen) atoms. The maximum absolute atomic E-state index is 11.7. The van der Waals surface area contributed by atoms with Crippen molar-refractivity contribution in [2.45, 2.75) is 20.0 Å². The summed E-state index contributed by atoms with van der Waals surface area (Å²) in [6.45, 7) is 3.35. The molecule has 0 aliphatic carbocycles. The van der Waals surface area contributed by atoms with E-state index in [1.165, 1.54) is 0 Å². The molecule has 3 N–H and O–H groups in total. The third-order valence-corrected chi connectivity index (χ3v) is 2.48. The number of rotatable bonds is 3. The number of imidazole rings is 1. The molecule has 0 unspecified atom stereocenters. The van der Waals surface area contributed by atoms with E-state index in [0.29, 0.717) is 24.3 Å². The van der Waals surface area contributed by atoms with E-state index in [1.807, 2.05) is 30.5 Å². The van der Waals surface area contributed by atoms with E-state index in [0.717, 1.165) is 5.82 Å². The van der Waals surface area contributed by atoms with E-state index in [-0.39, 0.29) is 11.5 Å². The van der Waals surface area contributed by atoms with Crippen molar-refractivity contribution in [1.82, 2.24) is 24.4 Å². The largest absolute Gasteiger partial charge is 0.369 e. The van der Waals surface area contributed by atoms with Crippen LogP contribution in [0.1, 0.15) is 12.7 Å². The fourth-order valence-corrected chi connectivity index (χ4v) is 1.81. The quantitative estimate of drug-likeness (QED) is 0.768. The lowest BCUT2D eigenvalue weighted by Crippen LogP contribution is -2.15. The number of nitrogens with one attached hydrogen (secondary N) is 1. The van der Waals surface area contributed by atoms with Gasteiger partial charge in [-0.2, -0.15) is 4.98 Å². The molecule has 2 aromatic rings. The highest BCUT2D eigenvalue weighted by Gasteiger charge is 2.14. The van der Waals surface area contributed by atoms with Crippen molar-refractivity contribution in [3.05, 3.63) is 16.2 Å². The number of fused-ring (bicyclic) bond motifs is 1. The molecule has 7 heteroatoms. The van der Waals surface area contributed by atoms with E-state index in [4.69, 9.17) is 5.73 Å². The van der Waals surface area contributed by atoms with Crippen LogP contribution in [0.2, 0.25) is 0 Å². The van der Waals surface area contributed by atoms with Gasteiger partial charge in [-0.15, -0.1) is 0 Å². The topological polar surface area (TPSA) is 92.8 Å². The van der Waals surface area contributed by atoms with Gasteiger partial charge in [-0.3, -0.25) is 9.78 Å². The van der Waals surface area contributed by atoms with Crippen LogP contribution in [0.25, 0.3) is 11.2 Å². The average Bonchev–Trinajstić information content (AvgIpc) is 2.54. The van der Waals surface area contributed by atoms with Gasteiger partial charge in [0.05, 0.1) is 6.54 Å². The molecule has 0 fully saturated rings. The minimum absolute atomic E-state index is 0.119. The lowest BCUT2D eigenvalue weighted by atomic mass is 10.5. The Bertz CT molecular complexity index is 597. The normalized spacial score (nSPS) is 11.5. The van der Waals surface area contributed by atoms with E-state index in [1.54, 1.807) is 0 Å². The van der Waals surface area contributed by atoms with Gasteiger partial charge >= 0.3 is 0 Å². The van der Waals surface area contributed by atoms with E-state index >= 15 is 0 Å². The average molecular weight is 236 g/mol. The van der Waals surface area contributed by atoms with Crippen LogP contribution in [-0.4, -0.2) is 38.5 Å². The Morgan fingerprint density at radius 3 is 2.71 bits per heavy atom. The Balaban J connectivity index is 2.71. The Morgan fingerprint density at radius 2 is 2.12 bits per heavy atom. The number of hydrogen-bond acceptors (Lipinski definition) is 5. The first-order chi connectivity index (χ1) is 8.02. The predicted octanol–water partition coefficient (Wildman–Crippen LogP) is -0.217. The lowest BCUT2D eigenvalue weighted by molar-refractivity contribution is 0.383. The number of nitrogen functional groups attached to an aromatic ring is 1. The summed E-state index contributed by atoms with van der Waals surface area (Å²) in [5.74, 6) is 0.935. The summed E-state index contributed by atoms with van der Waals surface area (Å²) in [5.41, 5.74) is 6.14. The maximum Gasteiger partial charge on any atom is 0.280 e. The molecule has 0 aliphatic rings. The van der Waals surface area contributed by atoms with Gasteiger partial charge < -0.3 is 15.2 Å². The zero-order valence-electron chi connectivity index (χ0n) is 10.2. The van der Waals surface area contributed by atoms with Crippen molar-refractivity contribution >= 4 is 17.1 Å². The zero-order chi connectivity index (χ0) is 12.6. The number of aromatic nitrogens is 4. The highest BCUT2D eigenvalue weighted by atomic mass is 16.1. The molecule has 0 bridgehead atoms. The van der Waals surface area contributed by atoms with Gasteiger partial charge in [0.2, 0.25) is 5.95 Å². The highest BCUT2D eigenvalue weighted by Crippen LogP contribution is 2.12. The Kier molecular flexibility index (Phi) is 2.84. The second-order valence-electron chi connectivity index (χ2n) is 4.13. The van der Waals surface area contributed by atoms with Gasteiger partial charge in [-0.25, -0.2) is 4.98 Å². The van der Waals surface area contributed by atoms with Crippen molar-refractivity contribution in [3.63, 3.8) is 0 Å². The van der Waals surface area contributed by atoms with Crippen LogP contribution in [0.4, 0.5) is 5.95 Å². The van der Waals surface area contributed by atoms with Gasteiger partial charge in [-0.05, 0) is 21.0 Å². The molecular weight excluding hydrogens is 220 g/mol. The molecular formula is C10H16N6O. The molecule has 0 radical (unpaired) electrons. The Morgan fingerprint density at radius 1 is 1.41 bits per heavy atom. The zero-order valence-corrected chi connectivity index (χ0v) is 10.2. The molecule has 0 aliphatic heterocycles. The SMILES string of the molecule is CCn1c(CN(C)C)nc2c(=O)[nH]c(N)nc21. The standard InChI is InChI=1S/C10H16N6O/c1-4-16-6(5-15(2)3)12-7-8(16)13-10(11)14-9(7)17/h4-5H2,1-3H3,(H3,11,13,14,17). The first-order valence-electron chi connectivity index (χ1n) is 5.42. The van der Waals surface area contributed by atoms with Crippen LogP contribution in [0.15, 0.2) is 4.79 Å². The van der Waals surface area contributed by atoms with E-state index < -0.39 is 0 Å². The molecule has 0 spiro atoms. The molecule has 0 saturated carbocycles. The minimum Gasteiger partial charge on any atom is -0.369 e. The molecule has 0 atom stereocenters. The number of aromatic amines is 1. The molecule has 7 nitrogen and oxygen atoms in total. The van der Waals surface area contributed by atoms with Crippen molar-refractivity contribution in [3.8, 4) is 0 Å². The molecule has 92 valence electrons. The smallest absolute Gasteiger partial charge is 0.280 e. The second kappa shape index (κ2) is 4.17. The Hall–Kier alpha value is -1.89. The third kappa shape index (κ3) is 2.01. The van der Waals surface area contributed by atoms with Crippen molar-refractivity contribution in [2.75, 3.05) is 19.8 Å². The van der Waals surface area contributed by atoms with Gasteiger partial charge in [-0.1, -0.05) is 0 Å². The van der Waals surface area contributed by atoms with Crippen molar-refractivity contribution in [2.24, 2.45) is 0 Å². The van der Waals surface area contributed by atoms with Crippen LogP contribution in [0.3, 0.4) is 0 Å². The number of nitrogens with zero attached hydrogens (tertiary/aromatic N) is 4. The molecule has 2 aromatic heterocycles. The summed E-state index contributed by atoms with van der Waals surface area (Å²) in [5, 5.41) is 0. The predicted molar refractivity (Wildman–Crippen MR) is 65.6 cm³/mol. The number of anilines is 1. The fraction of sp³-hybridized carbons (Fsp3) is 0.500. The van der Waals surface area contributed by atoms with Crippen LogP contribution in [0.5, 0.6) is 0 Å². The minimum atomic E-state index is -0.292. The van der Waals surface area contributed by atoms with Gasteiger partial charge in [0, 0.05) is 6.54 Å². The summed E-state index contributed by atoms with van der Waals surface area (Å²) in [6.07, 6.45) is 0. The summed E-state index contributed by atoms with van der Waals surface area (Å²) in [4.78, 5) is 24.6. The number of H-pyrrole nitrogens is 1. The van der Waals surface area contributed by atoms with E-state index in [2.05, 4.69) is 15.0 Å². The van der Waals surface area contributed by atoms with Gasteiger partial charge in [0.25, 0.3) is 5.56 Å². The van der Waals surface area contributed by atoms with Gasteiger partial charge in [0.15, 0.2) is 11.2 Å². The highest BCUT2D eigenvalue weighted by molar-refractivity contribution is 5.71. The summed E-state index contributed by atoms with van der Waals surface area (Å²) in [6, 6.07) is 0. The van der Waals surface area contributed by atoms with Crippen LogP contribution in [0, 0.1) is 0 Å². The molecule has 2 heterocycles. The number of nitrogens with two attached hydrogens (primary N) is 1. The lowest BCUT2D eigenvalue weighted by Gasteiger charge is -2.10. The molecule has 0 saturated heterocycles. The summed E-state index contributed by atoms with van der Waals surface area (Å²) < 4.78 is 1.90. The van der Waals surface area contributed by atoms with Gasteiger partial charge in [0.1, 0.15) is 5.82 Å². The first-order valence-corrected chi connectivity index (χ1v) is 5.42. The number of hydrogen-bond donors (Lipinski definition) is 2. The molecule has 0 amide bonds. The molecule has 0 aromatic carbocycles. The summed E-state index contributed by atoms with van der Waals surface area (Å²) >= 11 is 0.